The van der Waals surface area contributed by atoms with E-state index >= 15 is 0 Å². The Labute approximate surface area is 119 Å². The lowest BCUT2D eigenvalue weighted by molar-refractivity contribution is -0.136. The van der Waals surface area contributed by atoms with Crippen LogP contribution in [0.25, 0.3) is 0 Å². The highest BCUT2D eigenvalue weighted by molar-refractivity contribution is 9.10. The van der Waals surface area contributed by atoms with E-state index in [1.54, 1.807) is 18.2 Å². The summed E-state index contributed by atoms with van der Waals surface area (Å²) in [5, 5.41) is 2.10. The van der Waals surface area contributed by atoms with Gasteiger partial charge in [-0.2, -0.15) is 4.31 Å². The summed E-state index contributed by atoms with van der Waals surface area (Å²) >= 11 is 3.16. The van der Waals surface area contributed by atoms with E-state index in [4.69, 9.17) is 0 Å². The highest BCUT2D eigenvalue weighted by atomic mass is 79.9. The number of benzene rings is 1. The zero-order valence-corrected chi connectivity index (χ0v) is 12.4. The molecule has 0 spiro atoms. The molecule has 0 radical (unpaired) electrons. The van der Waals surface area contributed by atoms with Crippen LogP contribution in [0.4, 0.5) is 0 Å². The molecule has 1 unspecified atom stereocenters. The molecule has 1 atom stereocenters. The molecule has 0 bridgehead atoms. The van der Waals surface area contributed by atoms with Gasteiger partial charge in [-0.25, -0.2) is 8.42 Å². The van der Waals surface area contributed by atoms with Gasteiger partial charge in [0, 0.05) is 4.47 Å². The number of hydrogen-bond donors (Lipinski definition) is 1. The highest BCUT2D eigenvalue weighted by Crippen LogP contribution is 2.26. The minimum absolute atomic E-state index is 0.0318. The van der Waals surface area contributed by atoms with E-state index in [9.17, 15) is 18.0 Å². The lowest BCUT2D eigenvalue weighted by Gasteiger charge is -2.30. The molecule has 8 heteroatoms. The summed E-state index contributed by atoms with van der Waals surface area (Å²) in [6.07, 6.45) is 0. The van der Waals surface area contributed by atoms with Gasteiger partial charge in [-0.3, -0.25) is 14.9 Å². The van der Waals surface area contributed by atoms with E-state index in [1.807, 2.05) is 0 Å². The Morgan fingerprint density at radius 3 is 2.58 bits per heavy atom. The van der Waals surface area contributed by atoms with Gasteiger partial charge < -0.3 is 0 Å². The van der Waals surface area contributed by atoms with Crippen LogP contribution in [0.3, 0.4) is 0 Å². The average Bonchev–Trinajstić information content (AvgIpc) is 2.34. The van der Waals surface area contributed by atoms with Gasteiger partial charge in [-0.15, -0.1) is 0 Å². The van der Waals surface area contributed by atoms with Crippen molar-refractivity contribution in [2.24, 2.45) is 0 Å². The van der Waals surface area contributed by atoms with Crippen molar-refractivity contribution in [3.8, 4) is 0 Å². The van der Waals surface area contributed by atoms with Gasteiger partial charge >= 0.3 is 0 Å². The van der Waals surface area contributed by atoms with Gasteiger partial charge in [-0.1, -0.05) is 12.1 Å². The van der Waals surface area contributed by atoms with E-state index < -0.39 is 27.9 Å². The molecule has 1 heterocycles. The van der Waals surface area contributed by atoms with E-state index in [0.717, 1.165) is 4.31 Å². The molecule has 2 rings (SSSR count). The Hall–Kier alpha value is -1.25. The minimum atomic E-state index is -3.90. The number of nitrogens with zero attached hydrogens (tertiary/aromatic N) is 1. The van der Waals surface area contributed by atoms with Gasteiger partial charge in [0.25, 0.3) is 0 Å². The second-order valence-corrected chi connectivity index (χ2v) is 6.78. The fourth-order valence-corrected chi connectivity index (χ4v) is 4.28. The summed E-state index contributed by atoms with van der Waals surface area (Å²) in [7, 11) is -3.90. The van der Waals surface area contributed by atoms with Crippen molar-refractivity contribution in [1.82, 2.24) is 9.62 Å². The summed E-state index contributed by atoms with van der Waals surface area (Å²) in [6, 6.07) is 5.34. The molecule has 1 aliphatic heterocycles. The summed E-state index contributed by atoms with van der Waals surface area (Å²) in [5.41, 5.74) is 0. The molecular weight excluding hydrogens is 336 g/mol. The Morgan fingerprint density at radius 1 is 1.32 bits per heavy atom. The molecular formula is C11H11BrN2O4S. The summed E-state index contributed by atoms with van der Waals surface area (Å²) in [6.45, 7) is 1.08. The van der Waals surface area contributed by atoms with Crippen LogP contribution in [-0.4, -0.2) is 37.1 Å². The number of amides is 2. The fourth-order valence-electron chi connectivity index (χ4n) is 1.76. The molecule has 0 saturated carbocycles. The zero-order valence-electron chi connectivity index (χ0n) is 9.96. The normalized spacial score (nSPS) is 21.3. The lowest BCUT2D eigenvalue weighted by Crippen LogP contribution is -2.58. The molecule has 19 heavy (non-hydrogen) atoms. The largest absolute Gasteiger partial charge is 0.294 e. The molecule has 1 aliphatic rings. The standard InChI is InChI=1S/C11H11BrN2O4S/c1-7-11(16)13-10(15)6-14(7)19(17,18)9-5-3-2-4-8(9)12/h2-5,7H,6H2,1H3,(H,13,15,16). The maximum absolute atomic E-state index is 12.5. The molecule has 102 valence electrons. The molecule has 6 nitrogen and oxygen atoms in total. The third-order valence-electron chi connectivity index (χ3n) is 2.80. The van der Waals surface area contributed by atoms with Crippen LogP contribution in [0.15, 0.2) is 33.6 Å². The maximum atomic E-state index is 12.5. The van der Waals surface area contributed by atoms with Crippen molar-refractivity contribution >= 4 is 37.8 Å². The minimum Gasteiger partial charge on any atom is -0.294 e. The molecule has 0 aliphatic carbocycles. The second kappa shape index (κ2) is 5.03. The lowest BCUT2D eigenvalue weighted by atomic mass is 10.2. The Bertz CT molecular complexity index is 644. The Kier molecular flexibility index (Phi) is 3.75. The Balaban J connectivity index is 2.47. The second-order valence-electron chi connectivity index (χ2n) is 4.07. The molecule has 1 aromatic rings. The van der Waals surface area contributed by atoms with Crippen LogP contribution < -0.4 is 5.32 Å². The van der Waals surface area contributed by atoms with E-state index in [1.165, 1.54) is 13.0 Å². The molecule has 1 aromatic carbocycles. The number of nitrogens with one attached hydrogen (secondary N) is 1. The first-order valence-corrected chi connectivity index (χ1v) is 7.67. The van der Waals surface area contributed by atoms with Gasteiger partial charge in [0.1, 0.15) is 6.04 Å². The zero-order chi connectivity index (χ0) is 14.2. The average molecular weight is 347 g/mol. The monoisotopic (exact) mass is 346 g/mol. The topological polar surface area (TPSA) is 83.6 Å². The molecule has 2 amide bonds. The maximum Gasteiger partial charge on any atom is 0.245 e. The van der Waals surface area contributed by atoms with Gasteiger partial charge in [-0.05, 0) is 35.0 Å². The van der Waals surface area contributed by atoms with E-state index in [2.05, 4.69) is 21.2 Å². The van der Waals surface area contributed by atoms with Crippen LogP contribution in [-0.2, 0) is 19.6 Å². The van der Waals surface area contributed by atoms with Crippen LogP contribution in [0.5, 0.6) is 0 Å². The first kappa shape index (κ1) is 14.2. The van der Waals surface area contributed by atoms with Crippen molar-refractivity contribution in [3.63, 3.8) is 0 Å². The van der Waals surface area contributed by atoms with Crippen molar-refractivity contribution in [2.45, 2.75) is 17.9 Å². The number of carbonyl (C=O) groups is 2. The van der Waals surface area contributed by atoms with Crippen molar-refractivity contribution < 1.29 is 18.0 Å². The highest BCUT2D eigenvalue weighted by Gasteiger charge is 2.39. The van der Waals surface area contributed by atoms with Crippen LogP contribution in [0.2, 0.25) is 0 Å². The van der Waals surface area contributed by atoms with Crippen LogP contribution in [0, 0.1) is 0 Å². The van der Waals surface area contributed by atoms with Crippen molar-refractivity contribution in [1.29, 1.82) is 0 Å². The predicted octanol–water partition coefficient (Wildman–Crippen LogP) is 0.485. The summed E-state index contributed by atoms with van der Waals surface area (Å²) in [4.78, 5) is 22.9. The summed E-state index contributed by atoms with van der Waals surface area (Å²) < 4.78 is 26.2. The summed E-state index contributed by atoms with van der Waals surface area (Å²) in [5.74, 6) is -1.24. The van der Waals surface area contributed by atoms with E-state index in [-0.39, 0.29) is 11.4 Å². The Morgan fingerprint density at radius 2 is 1.95 bits per heavy atom. The number of rotatable bonds is 2. The quantitative estimate of drug-likeness (QED) is 0.789. The molecule has 1 N–H and O–H groups in total. The number of carbonyl (C=O) groups excluding carboxylic acids is 2. The first-order valence-electron chi connectivity index (χ1n) is 5.44. The first-order chi connectivity index (χ1) is 8.84. The third kappa shape index (κ3) is 2.56. The van der Waals surface area contributed by atoms with Crippen molar-refractivity contribution in [3.05, 3.63) is 28.7 Å². The van der Waals surface area contributed by atoms with Crippen molar-refractivity contribution in [2.75, 3.05) is 6.54 Å². The third-order valence-corrected chi connectivity index (χ3v) is 5.73. The predicted molar refractivity (Wildman–Crippen MR) is 70.6 cm³/mol. The number of imide groups is 1. The smallest absolute Gasteiger partial charge is 0.245 e. The fraction of sp³-hybridized carbons (Fsp3) is 0.273. The molecule has 0 aromatic heterocycles. The number of piperazine rings is 1. The molecule has 1 saturated heterocycles. The van der Waals surface area contributed by atoms with Crippen LogP contribution in [0.1, 0.15) is 6.92 Å². The number of sulfonamides is 1. The van der Waals surface area contributed by atoms with Gasteiger partial charge in [0.2, 0.25) is 21.8 Å². The number of halogens is 1. The van der Waals surface area contributed by atoms with E-state index in [0.29, 0.717) is 4.47 Å². The SMILES string of the molecule is CC1C(=O)NC(=O)CN1S(=O)(=O)c1ccccc1Br. The number of hydrogen-bond acceptors (Lipinski definition) is 4. The van der Waals surface area contributed by atoms with Crippen LogP contribution >= 0.6 is 15.9 Å². The molecule has 1 fully saturated rings. The van der Waals surface area contributed by atoms with Gasteiger partial charge in [0.05, 0.1) is 11.4 Å². The van der Waals surface area contributed by atoms with Gasteiger partial charge in [0.15, 0.2) is 0 Å².